The number of allylic oxidation sites excluding steroid dienone is 2. The lowest BCUT2D eigenvalue weighted by Crippen LogP contribution is -2.41. The van der Waals surface area contributed by atoms with Gasteiger partial charge in [0.25, 0.3) is 0 Å². The Morgan fingerprint density at radius 1 is 0.882 bits per heavy atom. The normalized spacial score (nSPS) is 47.9. The monoisotopic (exact) mass is 313 g/mol. The van der Waals surface area contributed by atoms with Crippen LogP contribution in [0.25, 0.3) is 0 Å². The van der Waals surface area contributed by atoms with E-state index in [0.717, 1.165) is 0 Å². The maximum atomic E-state index is 12.1. The first kappa shape index (κ1) is 11.8. The molecular formula is C9H3Cl4NO3. The van der Waals surface area contributed by atoms with Crippen LogP contribution in [0, 0.1) is 11.8 Å². The largest absolute Gasteiger partial charge is 0.296 e. The summed E-state index contributed by atoms with van der Waals surface area (Å²) in [7, 11) is 0. The Morgan fingerprint density at radius 2 is 1.24 bits per heavy atom. The molecule has 2 amide bonds. The van der Waals surface area contributed by atoms with Gasteiger partial charge in [0.15, 0.2) is 15.5 Å². The standard InChI is InChI=1S/C9H3Cl4NO3/c10-3-4(11)9(13)2-1(5(15)14-6(2)16)8(3,12)7(9)17/h1-2H,(H,14,15,16). The van der Waals surface area contributed by atoms with Crippen LogP contribution in [0.1, 0.15) is 0 Å². The number of amides is 2. The maximum Gasteiger partial charge on any atom is 0.233 e. The number of nitrogens with one attached hydrogen (secondary N) is 1. The number of carbonyl (C=O) groups excluding carboxylic acids is 3. The van der Waals surface area contributed by atoms with E-state index < -0.39 is 39.2 Å². The zero-order valence-electron chi connectivity index (χ0n) is 7.89. The van der Waals surface area contributed by atoms with Gasteiger partial charge in [0.1, 0.15) is 0 Å². The number of Topliss-reactive ketones (excluding diaryl/α,β-unsaturated/α-hetero) is 1. The fraction of sp³-hybridized carbons (Fsp3) is 0.444. The topological polar surface area (TPSA) is 63.2 Å². The molecule has 2 fully saturated rings. The Kier molecular flexibility index (Phi) is 2.07. The molecule has 1 aliphatic heterocycles. The van der Waals surface area contributed by atoms with E-state index in [9.17, 15) is 14.4 Å². The number of hydrogen-bond acceptors (Lipinski definition) is 3. The number of carbonyl (C=O) groups is 3. The Morgan fingerprint density at radius 3 is 1.59 bits per heavy atom. The van der Waals surface area contributed by atoms with E-state index >= 15 is 0 Å². The fourth-order valence-corrected chi connectivity index (χ4v) is 4.53. The Bertz CT molecular complexity index is 500. The van der Waals surface area contributed by atoms with E-state index in [2.05, 4.69) is 5.32 Å². The predicted octanol–water partition coefficient (Wildman–Crippen LogP) is 1.12. The lowest BCUT2D eigenvalue weighted by Gasteiger charge is -2.27. The molecule has 2 bridgehead atoms. The van der Waals surface area contributed by atoms with Crippen molar-refractivity contribution in [1.82, 2.24) is 5.32 Å². The van der Waals surface area contributed by atoms with Gasteiger partial charge in [-0.2, -0.15) is 0 Å². The second kappa shape index (κ2) is 2.99. The molecule has 1 N–H and O–H groups in total. The summed E-state index contributed by atoms with van der Waals surface area (Å²) in [6.07, 6.45) is 0. The van der Waals surface area contributed by atoms with Gasteiger partial charge in [-0.1, -0.05) is 23.2 Å². The van der Waals surface area contributed by atoms with E-state index in [-0.39, 0.29) is 10.1 Å². The molecule has 0 radical (unpaired) electrons. The van der Waals surface area contributed by atoms with Crippen molar-refractivity contribution >= 4 is 64.0 Å². The quantitative estimate of drug-likeness (QED) is 0.538. The van der Waals surface area contributed by atoms with Gasteiger partial charge in [0.2, 0.25) is 11.8 Å². The summed E-state index contributed by atoms with van der Waals surface area (Å²) in [5.41, 5.74) is 0. The van der Waals surface area contributed by atoms with E-state index in [4.69, 9.17) is 46.4 Å². The molecule has 0 aromatic carbocycles. The number of hydrogen-bond donors (Lipinski definition) is 1. The van der Waals surface area contributed by atoms with Gasteiger partial charge in [0.05, 0.1) is 21.9 Å². The summed E-state index contributed by atoms with van der Waals surface area (Å²) >= 11 is 24.0. The smallest absolute Gasteiger partial charge is 0.233 e. The third-order valence-corrected chi connectivity index (χ3v) is 5.95. The van der Waals surface area contributed by atoms with Crippen LogP contribution >= 0.6 is 46.4 Å². The van der Waals surface area contributed by atoms with Crippen molar-refractivity contribution in [3.05, 3.63) is 10.1 Å². The number of ketones is 1. The van der Waals surface area contributed by atoms with Crippen molar-refractivity contribution in [2.75, 3.05) is 0 Å². The van der Waals surface area contributed by atoms with Gasteiger partial charge < -0.3 is 0 Å². The molecule has 0 spiro atoms. The number of fused-ring (bicyclic) bond motifs is 5. The van der Waals surface area contributed by atoms with Crippen molar-refractivity contribution in [1.29, 1.82) is 0 Å². The average molecular weight is 315 g/mol. The van der Waals surface area contributed by atoms with Gasteiger partial charge in [0, 0.05) is 0 Å². The molecule has 4 nitrogen and oxygen atoms in total. The summed E-state index contributed by atoms with van der Waals surface area (Å²) in [4.78, 5) is 31.8. The molecule has 4 unspecified atom stereocenters. The minimum Gasteiger partial charge on any atom is -0.296 e. The predicted molar refractivity (Wildman–Crippen MR) is 61.0 cm³/mol. The minimum absolute atomic E-state index is 0.160. The minimum atomic E-state index is -1.80. The highest BCUT2D eigenvalue weighted by Gasteiger charge is 2.80. The first-order valence-corrected chi connectivity index (χ1v) is 6.12. The van der Waals surface area contributed by atoms with Crippen LogP contribution in [0.4, 0.5) is 0 Å². The number of imide groups is 1. The summed E-state index contributed by atoms with van der Waals surface area (Å²) in [6.45, 7) is 0. The second-order valence-electron chi connectivity index (χ2n) is 4.19. The molecule has 0 aromatic rings. The molecule has 17 heavy (non-hydrogen) atoms. The second-order valence-corrected chi connectivity index (χ2v) is 6.14. The molecule has 3 aliphatic rings. The molecule has 1 saturated carbocycles. The van der Waals surface area contributed by atoms with Crippen LogP contribution in [0.3, 0.4) is 0 Å². The Labute approximate surface area is 115 Å². The first-order valence-electron chi connectivity index (χ1n) is 4.61. The van der Waals surface area contributed by atoms with Gasteiger partial charge in [-0.25, -0.2) is 0 Å². The highest BCUT2D eigenvalue weighted by atomic mass is 35.5. The molecule has 4 atom stereocenters. The zero-order chi connectivity index (χ0) is 12.7. The van der Waals surface area contributed by atoms with Crippen molar-refractivity contribution in [2.45, 2.75) is 9.75 Å². The lowest BCUT2D eigenvalue weighted by atomic mass is 9.84. The third-order valence-electron chi connectivity index (χ3n) is 3.49. The summed E-state index contributed by atoms with van der Waals surface area (Å²) in [6, 6.07) is 0. The lowest BCUT2D eigenvalue weighted by molar-refractivity contribution is -0.130. The van der Waals surface area contributed by atoms with Crippen LogP contribution < -0.4 is 5.32 Å². The van der Waals surface area contributed by atoms with Crippen molar-refractivity contribution in [3.8, 4) is 0 Å². The van der Waals surface area contributed by atoms with Crippen LogP contribution in [0.15, 0.2) is 10.1 Å². The van der Waals surface area contributed by atoms with E-state index in [1.54, 1.807) is 0 Å². The first-order chi connectivity index (χ1) is 7.77. The fourth-order valence-electron chi connectivity index (χ4n) is 2.74. The van der Waals surface area contributed by atoms with Crippen LogP contribution in [0.5, 0.6) is 0 Å². The molecular weight excluding hydrogens is 312 g/mol. The molecule has 3 rings (SSSR count). The highest BCUT2D eigenvalue weighted by molar-refractivity contribution is 6.64. The molecule has 1 heterocycles. The summed E-state index contributed by atoms with van der Waals surface area (Å²) < 4.78 is 0. The summed E-state index contributed by atoms with van der Waals surface area (Å²) in [5, 5.41) is 1.77. The third kappa shape index (κ3) is 0.951. The van der Waals surface area contributed by atoms with E-state index in [1.807, 2.05) is 0 Å². The number of alkyl halides is 2. The van der Waals surface area contributed by atoms with Gasteiger partial charge >= 0.3 is 0 Å². The zero-order valence-corrected chi connectivity index (χ0v) is 10.9. The van der Waals surface area contributed by atoms with Crippen LogP contribution in [0.2, 0.25) is 0 Å². The molecule has 1 saturated heterocycles. The molecule has 2 aliphatic carbocycles. The summed E-state index contributed by atoms with van der Waals surface area (Å²) in [5.74, 6) is -4.16. The Balaban J connectivity index is 2.34. The maximum absolute atomic E-state index is 12.1. The van der Waals surface area contributed by atoms with Gasteiger partial charge in [-0.15, -0.1) is 23.2 Å². The number of rotatable bonds is 0. The van der Waals surface area contributed by atoms with Crippen molar-refractivity contribution < 1.29 is 14.4 Å². The van der Waals surface area contributed by atoms with Gasteiger partial charge in [-0.3, -0.25) is 19.7 Å². The van der Waals surface area contributed by atoms with Crippen molar-refractivity contribution in [2.24, 2.45) is 11.8 Å². The SMILES string of the molecule is O=C1NC(=O)C2C1C1(Cl)C(=O)C2(Cl)C(Cl)=C1Cl. The highest BCUT2D eigenvalue weighted by Crippen LogP contribution is 2.66. The van der Waals surface area contributed by atoms with Crippen LogP contribution in [-0.2, 0) is 14.4 Å². The number of halogens is 4. The molecule has 0 aromatic heterocycles. The molecule has 90 valence electrons. The van der Waals surface area contributed by atoms with E-state index in [0.29, 0.717) is 0 Å². The Hall–Kier alpha value is -0.290. The van der Waals surface area contributed by atoms with Crippen LogP contribution in [-0.4, -0.2) is 27.3 Å². The average Bonchev–Trinajstić information content (AvgIpc) is 2.71. The van der Waals surface area contributed by atoms with Crippen molar-refractivity contribution in [3.63, 3.8) is 0 Å². The van der Waals surface area contributed by atoms with Gasteiger partial charge in [-0.05, 0) is 0 Å². The van der Waals surface area contributed by atoms with E-state index in [1.165, 1.54) is 0 Å². The molecule has 8 heteroatoms.